The summed E-state index contributed by atoms with van der Waals surface area (Å²) in [6, 6.07) is 4.82. The maximum absolute atomic E-state index is 2.58. The van der Waals surface area contributed by atoms with Crippen LogP contribution in [0.1, 0.15) is 81.6 Å². The summed E-state index contributed by atoms with van der Waals surface area (Å²) >= 11 is 0. The van der Waals surface area contributed by atoms with Crippen LogP contribution < -0.4 is 0 Å². The maximum Gasteiger partial charge on any atom is 0.0554 e. The van der Waals surface area contributed by atoms with Crippen molar-refractivity contribution in [1.82, 2.24) is 0 Å². The zero-order valence-corrected chi connectivity index (χ0v) is 18.0. The van der Waals surface area contributed by atoms with Crippen molar-refractivity contribution < 1.29 is 0 Å². The zero-order chi connectivity index (χ0) is 16.0. The summed E-state index contributed by atoms with van der Waals surface area (Å²) in [7, 11) is -2.36. The molecule has 0 aliphatic heterocycles. The lowest BCUT2D eigenvalue weighted by Gasteiger charge is -2.57. The Morgan fingerprint density at radius 2 is 0.800 bits per heavy atom. The predicted octanol–water partition coefficient (Wildman–Crippen LogP) is 7.42. The molecular formula is C18H42Si2. The van der Waals surface area contributed by atoms with Gasteiger partial charge in [-0.2, -0.15) is 0 Å². The van der Waals surface area contributed by atoms with E-state index in [9.17, 15) is 0 Å². The molecule has 0 saturated carbocycles. The van der Waals surface area contributed by atoms with Gasteiger partial charge in [-0.1, -0.05) is 116 Å². The van der Waals surface area contributed by atoms with Crippen molar-refractivity contribution in [2.75, 3.05) is 0 Å². The second-order valence-corrected chi connectivity index (χ2v) is 23.1. The summed E-state index contributed by atoms with van der Waals surface area (Å²) < 4.78 is 0. The third kappa shape index (κ3) is 3.60. The van der Waals surface area contributed by atoms with Crippen LogP contribution >= 0.6 is 0 Å². The highest BCUT2D eigenvalue weighted by molar-refractivity contribution is 7.43. The fourth-order valence-electron chi connectivity index (χ4n) is 6.30. The molecule has 0 bridgehead atoms. The first-order valence-electron chi connectivity index (χ1n) is 9.26. The lowest BCUT2D eigenvalue weighted by Crippen LogP contribution is -2.67. The van der Waals surface area contributed by atoms with Crippen molar-refractivity contribution >= 4 is 15.2 Å². The van der Waals surface area contributed by atoms with Crippen LogP contribution in [-0.4, -0.2) is 15.2 Å². The molecule has 2 heteroatoms. The predicted molar refractivity (Wildman–Crippen MR) is 102 cm³/mol. The standard InChI is InChI=1S/C18H42Si2/c1-10-13-19(14-11-2,15-12-3)20(16(4)5,17(6)7)18(8)9/h16-18H,10-15H2,1-9H3. The van der Waals surface area contributed by atoms with Gasteiger partial charge in [0, 0.05) is 7.59 Å². The summed E-state index contributed by atoms with van der Waals surface area (Å²) in [4.78, 5) is 0. The molecule has 0 saturated heterocycles. The summed E-state index contributed by atoms with van der Waals surface area (Å²) in [5, 5.41) is 0. The molecule has 0 amide bonds. The quantitative estimate of drug-likeness (QED) is 0.368. The molecule has 122 valence electrons. The molecule has 0 aliphatic rings. The van der Waals surface area contributed by atoms with Crippen LogP contribution in [0.4, 0.5) is 0 Å². The summed E-state index contributed by atoms with van der Waals surface area (Å²) in [6.45, 7) is 22.8. The van der Waals surface area contributed by atoms with Gasteiger partial charge in [0.15, 0.2) is 0 Å². The van der Waals surface area contributed by atoms with E-state index >= 15 is 0 Å². The second-order valence-electron chi connectivity index (χ2n) is 7.93. The Morgan fingerprint density at radius 1 is 0.550 bits per heavy atom. The molecule has 20 heavy (non-hydrogen) atoms. The van der Waals surface area contributed by atoms with Gasteiger partial charge in [-0.05, 0) is 0 Å². The van der Waals surface area contributed by atoms with Crippen LogP contribution in [0.25, 0.3) is 0 Å². The highest BCUT2D eigenvalue weighted by Gasteiger charge is 2.57. The summed E-state index contributed by atoms with van der Waals surface area (Å²) in [5.41, 5.74) is 2.87. The highest BCUT2D eigenvalue weighted by Crippen LogP contribution is 2.52. The molecule has 0 nitrogen and oxygen atoms in total. The molecule has 0 fully saturated rings. The van der Waals surface area contributed by atoms with E-state index in [1.807, 2.05) is 0 Å². The fraction of sp³-hybridized carbons (Fsp3) is 1.00. The van der Waals surface area contributed by atoms with Gasteiger partial charge < -0.3 is 0 Å². The van der Waals surface area contributed by atoms with Gasteiger partial charge in [0.25, 0.3) is 0 Å². The first kappa shape index (κ1) is 20.4. The van der Waals surface area contributed by atoms with E-state index in [1.54, 1.807) is 18.1 Å². The third-order valence-corrected chi connectivity index (χ3v) is 30.9. The Labute approximate surface area is 131 Å². The minimum Gasteiger partial charge on any atom is -0.0657 e. The van der Waals surface area contributed by atoms with Crippen molar-refractivity contribution in [3.8, 4) is 0 Å². The van der Waals surface area contributed by atoms with E-state index in [2.05, 4.69) is 62.3 Å². The molecule has 0 rings (SSSR count). The van der Waals surface area contributed by atoms with Crippen LogP contribution in [0.3, 0.4) is 0 Å². The average molecular weight is 315 g/mol. The lowest BCUT2D eigenvalue weighted by molar-refractivity contribution is 0.821. The Morgan fingerprint density at radius 3 is 0.950 bits per heavy atom. The monoisotopic (exact) mass is 314 g/mol. The van der Waals surface area contributed by atoms with Gasteiger partial charge in [0.1, 0.15) is 0 Å². The molecule has 0 aromatic heterocycles. The molecule has 0 aromatic carbocycles. The molecule has 0 spiro atoms. The number of hydrogen-bond acceptors (Lipinski definition) is 0. The lowest BCUT2D eigenvalue weighted by atomic mass is 10.5. The normalized spacial score (nSPS) is 13.8. The Bertz CT molecular complexity index is 217. The second kappa shape index (κ2) is 8.77. The van der Waals surface area contributed by atoms with Crippen LogP contribution in [0.2, 0.25) is 34.8 Å². The Balaban J connectivity index is 6.07. The number of hydrogen-bond donors (Lipinski definition) is 0. The van der Waals surface area contributed by atoms with Crippen LogP contribution in [-0.2, 0) is 0 Å². The van der Waals surface area contributed by atoms with Gasteiger partial charge in [-0.15, -0.1) is 0 Å². The van der Waals surface area contributed by atoms with Crippen molar-refractivity contribution in [3.63, 3.8) is 0 Å². The first-order chi connectivity index (χ1) is 9.26. The number of rotatable bonds is 10. The van der Waals surface area contributed by atoms with E-state index in [0.717, 1.165) is 16.6 Å². The molecule has 0 heterocycles. The minimum atomic E-state index is -1.23. The van der Waals surface area contributed by atoms with E-state index in [4.69, 9.17) is 0 Å². The molecule has 0 atom stereocenters. The van der Waals surface area contributed by atoms with Gasteiger partial charge in [-0.3, -0.25) is 0 Å². The van der Waals surface area contributed by atoms with Gasteiger partial charge in [0.2, 0.25) is 0 Å². The van der Waals surface area contributed by atoms with Gasteiger partial charge >= 0.3 is 0 Å². The van der Waals surface area contributed by atoms with Crippen LogP contribution in [0, 0.1) is 0 Å². The molecule has 0 aromatic rings. The van der Waals surface area contributed by atoms with E-state index in [0.29, 0.717) is 0 Å². The van der Waals surface area contributed by atoms with Crippen LogP contribution in [0.5, 0.6) is 0 Å². The van der Waals surface area contributed by atoms with E-state index in [1.165, 1.54) is 19.3 Å². The van der Waals surface area contributed by atoms with E-state index in [-0.39, 0.29) is 0 Å². The topological polar surface area (TPSA) is 0 Å². The molecule has 0 aliphatic carbocycles. The third-order valence-electron chi connectivity index (χ3n) is 5.97. The highest BCUT2D eigenvalue weighted by atomic mass is 29.3. The van der Waals surface area contributed by atoms with Gasteiger partial charge in [0.05, 0.1) is 7.59 Å². The molecule has 0 radical (unpaired) electrons. The van der Waals surface area contributed by atoms with Gasteiger partial charge in [-0.25, -0.2) is 0 Å². The molecular weight excluding hydrogens is 272 g/mol. The van der Waals surface area contributed by atoms with E-state index < -0.39 is 15.2 Å². The van der Waals surface area contributed by atoms with Crippen LogP contribution in [0.15, 0.2) is 0 Å². The van der Waals surface area contributed by atoms with Crippen molar-refractivity contribution in [1.29, 1.82) is 0 Å². The maximum atomic E-state index is 2.58. The largest absolute Gasteiger partial charge is 0.0657 e. The minimum absolute atomic E-state index is 0.957. The Kier molecular flexibility index (Phi) is 8.96. The Hall–Kier alpha value is 0.434. The van der Waals surface area contributed by atoms with Crippen molar-refractivity contribution in [2.24, 2.45) is 0 Å². The summed E-state index contributed by atoms with van der Waals surface area (Å²) in [6.07, 6.45) is 4.27. The molecule has 0 N–H and O–H groups in total. The summed E-state index contributed by atoms with van der Waals surface area (Å²) in [5.74, 6) is 0. The SMILES string of the molecule is CCC[Si](CCC)(CCC)[Si](C(C)C)(C(C)C)C(C)C. The zero-order valence-electron chi connectivity index (χ0n) is 16.0. The van der Waals surface area contributed by atoms with Crippen molar-refractivity contribution in [3.05, 3.63) is 0 Å². The smallest absolute Gasteiger partial charge is 0.0554 e. The first-order valence-corrected chi connectivity index (χ1v) is 15.1. The molecule has 0 unspecified atom stereocenters. The fourth-order valence-corrected chi connectivity index (χ4v) is 36.1. The van der Waals surface area contributed by atoms with Crippen molar-refractivity contribution in [2.45, 2.75) is 116 Å². The average Bonchev–Trinajstić information content (AvgIpc) is 2.28.